The van der Waals surface area contributed by atoms with Crippen LogP contribution < -0.4 is 0 Å². The van der Waals surface area contributed by atoms with Crippen LogP contribution in [0.3, 0.4) is 0 Å². The van der Waals surface area contributed by atoms with Crippen LogP contribution in [0.5, 0.6) is 0 Å². The number of aliphatic hydroxyl groups is 1. The number of halogens is 3. The van der Waals surface area contributed by atoms with Gasteiger partial charge in [0.25, 0.3) is 0 Å². The van der Waals surface area contributed by atoms with Crippen molar-refractivity contribution in [3.63, 3.8) is 0 Å². The van der Waals surface area contributed by atoms with Crippen LogP contribution >= 0.6 is 0 Å². The molecule has 2 aromatic rings. The summed E-state index contributed by atoms with van der Waals surface area (Å²) < 4.78 is 38.3. The molecule has 0 aliphatic carbocycles. The van der Waals surface area contributed by atoms with E-state index in [0.717, 1.165) is 11.8 Å². The Kier molecular flexibility index (Phi) is 3.80. The Hall–Kier alpha value is -1.89. The summed E-state index contributed by atoms with van der Waals surface area (Å²) in [5.41, 5.74) is 1.18. The van der Waals surface area contributed by atoms with Gasteiger partial charge in [0, 0.05) is 0 Å². The summed E-state index contributed by atoms with van der Waals surface area (Å²) in [4.78, 5) is 0. The molecule has 0 radical (unpaired) electrons. The highest BCUT2D eigenvalue weighted by atomic mass is 19.4. The van der Waals surface area contributed by atoms with E-state index in [0.29, 0.717) is 11.6 Å². The third-order valence-electron chi connectivity index (χ3n) is 2.93. The van der Waals surface area contributed by atoms with Crippen molar-refractivity contribution in [2.24, 2.45) is 0 Å². The molecule has 4 nitrogen and oxygen atoms in total. The number of aromatic nitrogens is 3. The summed E-state index contributed by atoms with van der Waals surface area (Å²) in [5, 5.41) is 16.1. The Balaban J connectivity index is 2.24. The van der Waals surface area contributed by atoms with Crippen molar-refractivity contribution in [1.82, 2.24) is 15.0 Å². The van der Waals surface area contributed by atoms with Crippen LogP contribution in [-0.4, -0.2) is 26.3 Å². The van der Waals surface area contributed by atoms with Crippen molar-refractivity contribution in [3.8, 4) is 5.69 Å². The van der Waals surface area contributed by atoms with Crippen molar-refractivity contribution >= 4 is 0 Å². The van der Waals surface area contributed by atoms with Crippen molar-refractivity contribution in [1.29, 1.82) is 0 Å². The lowest BCUT2D eigenvalue weighted by Crippen LogP contribution is -2.20. The molecule has 0 saturated carbocycles. The molecule has 1 atom stereocenters. The standard InChI is InChI=1S/C13H14F3N3O/c1-8(2)9-3-5-10(6-4-9)19-7-11(17-18-19)12(20)13(14,15)16/h3-8,12,20H,1-2H3. The Morgan fingerprint density at radius 2 is 1.75 bits per heavy atom. The molecule has 1 aromatic carbocycles. The van der Waals surface area contributed by atoms with Gasteiger partial charge in [0.1, 0.15) is 5.69 Å². The number of alkyl halides is 3. The lowest BCUT2D eigenvalue weighted by Gasteiger charge is -2.10. The minimum atomic E-state index is -4.75. The Morgan fingerprint density at radius 3 is 2.25 bits per heavy atom. The monoisotopic (exact) mass is 285 g/mol. The van der Waals surface area contributed by atoms with Crippen LogP contribution in [0.15, 0.2) is 30.5 Å². The van der Waals surface area contributed by atoms with E-state index in [2.05, 4.69) is 10.3 Å². The zero-order valence-corrected chi connectivity index (χ0v) is 11.0. The Bertz CT molecular complexity index is 575. The highest BCUT2D eigenvalue weighted by molar-refractivity contribution is 5.35. The van der Waals surface area contributed by atoms with Crippen molar-refractivity contribution < 1.29 is 18.3 Å². The first-order valence-electron chi connectivity index (χ1n) is 6.06. The van der Waals surface area contributed by atoms with E-state index in [1.54, 1.807) is 12.1 Å². The van der Waals surface area contributed by atoms with Crippen LogP contribution in [0.25, 0.3) is 5.69 Å². The summed E-state index contributed by atoms with van der Waals surface area (Å²) >= 11 is 0. The van der Waals surface area contributed by atoms with E-state index in [1.165, 1.54) is 4.68 Å². The third-order valence-corrected chi connectivity index (χ3v) is 2.93. The fraction of sp³-hybridized carbons (Fsp3) is 0.385. The maximum absolute atomic E-state index is 12.4. The van der Waals surface area contributed by atoms with Gasteiger partial charge in [0.15, 0.2) is 6.10 Å². The van der Waals surface area contributed by atoms with Gasteiger partial charge in [-0.15, -0.1) is 5.10 Å². The number of nitrogens with zero attached hydrogens (tertiary/aromatic N) is 3. The van der Waals surface area contributed by atoms with Gasteiger partial charge >= 0.3 is 6.18 Å². The summed E-state index contributed by atoms with van der Waals surface area (Å²) in [5.74, 6) is 0.363. The second kappa shape index (κ2) is 5.24. The zero-order valence-electron chi connectivity index (χ0n) is 11.0. The highest BCUT2D eigenvalue weighted by Crippen LogP contribution is 2.31. The first-order chi connectivity index (χ1) is 9.29. The Labute approximate surface area is 113 Å². The van der Waals surface area contributed by atoms with E-state index in [-0.39, 0.29) is 0 Å². The number of hydrogen-bond donors (Lipinski definition) is 1. The smallest absolute Gasteiger partial charge is 0.378 e. The van der Waals surface area contributed by atoms with Gasteiger partial charge in [-0.1, -0.05) is 31.2 Å². The third kappa shape index (κ3) is 2.98. The second-order valence-corrected chi connectivity index (χ2v) is 4.78. The molecule has 1 N–H and O–H groups in total. The molecule has 2 rings (SSSR count). The molecule has 0 fully saturated rings. The van der Waals surface area contributed by atoms with E-state index in [1.807, 2.05) is 26.0 Å². The molecule has 20 heavy (non-hydrogen) atoms. The molecule has 0 saturated heterocycles. The minimum Gasteiger partial charge on any atom is -0.378 e. The summed E-state index contributed by atoms with van der Waals surface area (Å²) in [6.45, 7) is 4.09. The maximum atomic E-state index is 12.4. The molecule has 1 heterocycles. The largest absolute Gasteiger partial charge is 0.420 e. The second-order valence-electron chi connectivity index (χ2n) is 4.78. The van der Waals surface area contributed by atoms with Crippen molar-refractivity contribution in [2.45, 2.75) is 32.0 Å². The predicted molar refractivity (Wildman–Crippen MR) is 66.5 cm³/mol. The summed E-state index contributed by atoms with van der Waals surface area (Å²) in [6.07, 6.45) is -6.29. The van der Waals surface area contributed by atoms with Crippen LogP contribution in [0, 0.1) is 0 Å². The molecule has 0 spiro atoms. The van der Waals surface area contributed by atoms with Crippen LogP contribution in [0.2, 0.25) is 0 Å². The molecule has 0 bridgehead atoms. The molecular weight excluding hydrogens is 271 g/mol. The van der Waals surface area contributed by atoms with Crippen LogP contribution in [0.4, 0.5) is 13.2 Å². The molecule has 7 heteroatoms. The molecule has 0 aliphatic rings. The SMILES string of the molecule is CC(C)c1ccc(-n2cc(C(O)C(F)(F)F)nn2)cc1. The molecule has 0 amide bonds. The average Bonchev–Trinajstić information content (AvgIpc) is 2.86. The maximum Gasteiger partial charge on any atom is 0.420 e. The number of hydrogen-bond acceptors (Lipinski definition) is 3. The van der Waals surface area contributed by atoms with E-state index in [9.17, 15) is 13.2 Å². The van der Waals surface area contributed by atoms with Crippen LogP contribution in [-0.2, 0) is 0 Å². The van der Waals surface area contributed by atoms with Gasteiger partial charge in [-0.25, -0.2) is 4.68 Å². The zero-order chi connectivity index (χ0) is 14.9. The first-order valence-corrected chi connectivity index (χ1v) is 6.06. The quantitative estimate of drug-likeness (QED) is 0.943. The summed E-state index contributed by atoms with van der Waals surface area (Å²) in [6, 6.07) is 7.24. The number of benzene rings is 1. The minimum absolute atomic E-state index is 0.363. The first kappa shape index (κ1) is 14.5. The lowest BCUT2D eigenvalue weighted by atomic mass is 10.0. The van der Waals surface area contributed by atoms with Gasteiger partial charge in [0.05, 0.1) is 11.9 Å². The average molecular weight is 285 g/mol. The fourth-order valence-electron chi connectivity index (χ4n) is 1.71. The highest BCUT2D eigenvalue weighted by Gasteiger charge is 2.41. The van der Waals surface area contributed by atoms with E-state index in [4.69, 9.17) is 5.11 Å². The summed E-state index contributed by atoms with van der Waals surface area (Å²) in [7, 11) is 0. The van der Waals surface area contributed by atoms with Crippen molar-refractivity contribution in [3.05, 3.63) is 41.7 Å². The van der Waals surface area contributed by atoms with Gasteiger partial charge in [-0.3, -0.25) is 0 Å². The normalized spacial score (nSPS) is 13.8. The van der Waals surface area contributed by atoms with E-state index >= 15 is 0 Å². The van der Waals surface area contributed by atoms with Crippen molar-refractivity contribution in [2.75, 3.05) is 0 Å². The number of aliphatic hydroxyl groups excluding tert-OH is 1. The topological polar surface area (TPSA) is 50.9 Å². The number of rotatable bonds is 3. The Morgan fingerprint density at radius 1 is 1.15 bits per heavy atom. The van der Waals surface area contributed by atoms with Crippen LogP contribution in [0.1, 0.15) is 37.1 Å². The van der Waals surface area contributed by atoms with Gasteiger partial charge in [-0.2, -0.15) is 13.2 Å². The predicted octanol–water partition coefficient (Wildman–Crippen LogP) is 2.99. The van der Waals surface area contributed by atoms with E-state index < -0.39 is 18.0 Å². The van der Waals surface area contributed by atoms with Gasteiger partial charge < -0.3 is 5.11 Å². The molecular formula is C13H14F3N3O. The molecule has 108 valence electrons. The molecule has 1 unspecified atom stereocenters. The molecule has 1 aromatic heterocycles. The van der Waals surface area contributed by atoms with Gasteiger partial charge in [-0.05, 0) is 23.6 Å². The molecule has 0 aliphatic heterocycles. The fourth-order valence-corrected chi connectivity index (χ4v) is 1.71. The lowest BCUT2D eigenvalue weighted by molar-refractivity contribution is -0.208. The van der Waals surface area contributed by atoms with Gasteiger partial charge in [0.2, 0.25) is 0 Å².